The zero-order valence-corrected chi connectivity index (χ0v) is 21.6. The number of pyridine rings is 2. The molecule has 2 aromatic heterocycles. The average Bonchev–Trinajstić information content (AvgIpc) is 2.86. The molecule has 2 amide bonds. The van der Waals surface area contributed by atoms with Crippen LogP contribution in [0.3, 0.4) is 0 Å². The first-order chi connectivity index (χ1) is 17.8. The number of carbonyl (C=O) groups is 2. The number of piperazine rings is 1. The van der Waals surface area contributed by atoms with Gasteiger partial charge >= 0.3 is 12.3 Å². The highest BCUT2D eigenvalue weighted by atomic mass is 19.4. The van der Waals surface area contributed by atoms with Gasteiger partial charge in [-0.15, -0.1) is 0 Å². The van der Waals surface area contributed by atoms with E-state index in [1.54, 1.807) is 40.1 Å². The molecule has 3 aromatic rings. The Balaban J connectivity index is 1.44. The number of alkyl halides is 3. The van der Waals surface area contributed by atoms with Crippen LogP contribution in [0.5, 0.6) is 11.6 Å². The number of aromatic nitrogens is 2. The molecule has 0 bridgehead atoms. The van der Waals surface area contributed by atoms with Gasteiger partial charge in [0.25, 0.3) is 5.91 Å². The number of rotatable bonds is 4. The highest BCUT2D eigenvalue weighted by molar-refractivity contribution is 5.95. The van der Waals surface area contributed by atoms with Crippen molar-refractivity contribution in [2.24, 2.45) is 0 Å². The van der Waals surface area contributed by atoms with Gasteiger partial charge in [-0.3, -0.25) is 4.79 Å². The second kappa shape index (κ2) is 10.5. The number of amides is 2. The first-order valence-electron chi connectivity index (χ1n) is 12.2. The van der Waals surface area contributed by atoms with Crippen LogP contribution in [-0.2, 0) is 10.9 Å². The molecule has 1 saturated heterocycles. The molecule has 4 rings (SSSR count). The number of ether oxygens (including phenoxy) is 2. The van der Waals surface area contributed by atoms with Crippen LogP contribution in [0, 0.1) is 0 Å². The SMILES string of the molecule is CC[C@@H]1CN(C(=O)c2ccc3cc(Oc4ccc(C(F)(F)F)cn4)ccc3n2)CCN1C(=O)OC(C)(C)C. The largest absolute Gasteiger partial charge is 0.444 e. The quantitative estimate of drug-likeness (QED) is 0.417. The number of carbonyl (C=O) groups excluding carboxylic acids is 2. The normalized spacial score (nSPS) is 16.4. The maximum absolute atomic E-state index is 13.2. The number of halogens is 3. The van der Waals surface area contributed by atoms with E-state index in [2.05, 4.69) is 9.97 Å². The van der Waals surface area contributed by atoms with E-state index in [-0.39, 0.29) is 29.6 Å². The van der Waals surface area contributed by atoms with Crippen molar-refractivity contribution in [3.05, 3.63) is 59.9 Å². The van der Waals surface area contributed by atoms with Crippen molar-refractivity contribution in [3.63, 3.8) is 0 Å². The number of hydrogen-bond donors (Lipinski definition) is 0. The van der Waals surface area contributed by atoms with Gasteiger partial charge in [0.1, 0.15) is 17.0 Å². The lowest BCUT2D eigenvalue weighted by molar-refractivity contribution is -0.137. The molecule has 8 nitrogen and oxygen atoms in total. The molecule has 1 fully saturated rings. The molecule has 0 radical (unpaired) electrons. The minimum atomic E-state index is -4.47. The molecule has 0 spiro atoms. The summed E-state index contributed by atoms with van der Waals surface area (Å²) in [5.74, 6) is 0.159. The minimum absolute atomic E-state index is 0.0214. The van der Waals surface area contributed by atoms with Crippen LogP contribution >= 0.6 is 0 Å². The van der Waals surface area contributed by atoms with Crippen LogP contribution in [0.15, 0.2) is 48.7 Å². The van der Waals surface area contributed by atoms with E-state index in [0.717, 1.165) is 12.1 Å². The molecule has 1 atom stereocenters. The van der Waals surface area contributed by atoms with Gasteiger partial charge in [0.05, 0.1) is 17.1 Å². The molecule has 1 aliphatic rings. The van der Waals surface area contributed by atoms with Crippen LogP contribution in [0.25, 0.3) is 10.9 Å². The Bertz CT molecular complexity index is 1320. The van der Waals surface area contributed by atoms with Crippen LogP contribution in [-0.4, -0.2) is 63.0 Å². The maximum atomic E-state index is 13.2. The minimum Gasteiger partial charge on any atom is -0.444 e. The van der Waals surface area contributed by atoms with Crippen LogP contribution in [0.1, 0.15) is 50.2 Å². The van der Waals surface area contributed by atoms with Gasteiger partial charge in [0.15, 0.2) is 0 Å². The highest BCUT2D eigenvalue weighted by Crippen LogP contribution is 2.30. The lowest BCUT2D eigenvalue weighted by Crippen LogP contribution is -2.57. The Morgan fingerprint density at radius 3 is 2.45 bits per heavy atom. The molecule has 202 valence electrons. The van der Waals surface area contributed by atoms with Gasteiger partial charge in [-0.1, -0.05) is 13.0 Å². The zero-order chi connectivity index (χ0) is 27.7. The molecule has 0 saturated carbocycles. The predicted molar refractivity (Wildman–Crippen MR) is 134 cm³/mol. The Morgan fingerprint density at radius 2 is 1.82 bits per heavy atom. The fourth-order valence-corrected chi connectivity index (χ4v) is 4.13. The number of hydrogen-bond acceptors (Lipinski definition) is 6. The van der Waals surface area contributed by atoms with E-state index in [4.69, 9.17) is 9.47 Å². The summed E-state index contributed by atoms with van der Waals surface area (Å²) in [6, 6.07) is 10.2. The monoisotopic (exact) mass is 530 g/mol. The molecule has 1 aromatic carbocycles. The summed E-state index contributed by atoms with van der Waals surface area (Å²) >= 11 is 0. The van der Waals surface area contributed by atoms with E-state index in [1.807, 2.05) is 27.7 Å². The summed E-state index contributed by atoms with van der Waals surface area (Å²) in [6.07, 6.45) is -3.47. The third-order valence-electron chi connectivity index (χ3n) is 6.04. The van der Waals surface area contributed by atoms with Gasteiger partial charge < -0.3 is 19.3 Å². The van der Waals surface area contributed by atoms with E-state index in [9.17, 15) is 22.8 Å². The van der Waals surface area contributed by atoms with E-state index >= 15 is 0 Å². The first kappa shape index (κ1) is 27.2. The lowest BCUT2D eigenvalue weighted by atomic mass is 10.1. The highest BCUT2D eigenvalue weighted by Gasteiger charge is 2.34. The smallest absolute Gasteiger partial charge is 0.417 e. The third-order valence-corrected chi connectivity index (χ3v) is 6.04. The van der Waals surface area contributed by atoms with Crippen molar-refractivity contribution in [1.82, 2.24) is 19.8 Å². The first-order valence-corrected chi connectivity index (χ1v) is 12.2. The van der Waals surface area contributed by atoms with E-state index in [1.165, 1.54) is 0 Å². The van der Waals surface area contributed by atoms with Crippen molar-refractivity contribution in [1.29, 1.82) is 0 Å². The average molecular weight is 531 g/mol. The second-order valence-electron chi connectivity index (χ2n) is 10.0. The Kier molecular flexibility index (Phi) is 7.48. The van der Waals surface area contributed by atoms with Gasteiger partial charge in [0, 0.05) is 37.3 Å². The summed E-state index contributed by atoms with van der Waals surface area (Å²) in [6.45, 7) is 8.52. The van der Waals surface area contributed by atoms with E-state index in [0.29, 0.717) is 48.9 Å². The van der Waals surface area contributed by atoms with Crippen molar-refractivity contribution in [2.45, 2.75) is 51.9 Å². The molecular weight excluding hydrogens is 501 g/mol. The molecule has 11 heteroatoms. The van der Waals surface area contributed by atoms with Gasteiger partial charge in [-0.05, 0) is 57.5 Å². The summed E-state index contributed by atoms with van der Waals surface area (Å²) < 4.78 is 49.3. The van der Waals surface area contributed by atoms with Gasteiger partial charge in [-0.25, -0.2) is 14.8 Å². The summed E-state index contributed by atoms with van der Waals surface area (Å²) in [5, 5.41) is 0.687. The summed E-state index contributed by atoms with van der Waals surface area (Å²) in [4.78, 5) is 37.4. The lowest BCUT2D eigenvalue weighted by Gasteiger charge is -2.41. The molecule has 3 heterocycles. The number of benzene rings is 1. The molecule has 38 heavy (non-hydrogen) atoms. The molecule has 0 unspecified atom stereocenters. The van der Waals surface area contributed by atoms with Crippen molar-refractivity contribution >= 4 is 22.9 Å². The Labute approximate surface area is 218 Å². The molecule has 0 aliphatic carbocycles. The van der Waals surface area contributed by atoms with Crippen LogP contribution < -0.4 is 4.74 Å². The van der Waals surface area contributed by atoms with Gasteiger partial charge in [0.2, 0.25) is 5.88 Å². The standard InChI is InChI=1S/C27H29F3N4O4/c1-5-19-16-33(12-13-34(19)25(36)38-26(2,3)4)24(35)22-9-6-17-14-20(8-10-21(17)32-22)37-23-11-7-18(15-31-23)27(28,29)30/h6-11,14-15,19H,5,12-13,16H2,1-4H3/t19-/m1/s1. The predicted octanol–water partition coefficient (Wildman–Crippen LogP) is 5.91. The maximum Gasteiger partial charge on any atom is 0.417 e. The third kappa shape index (κ3) is 6.32. The Morgan fingerprint density at radius 1 is 1.05 bits per heavy atom. The van der Waals surface area contributed by atoms with Crippen LogP contribution in [0.4, 0.5) is 18.0 Å². The van der Waals surface area contributed by atoms with Crippen LogP contribution in [0.2, 0.25) is 0 Å². The number of nitrogens with zero attached hydrogens (tertiary/aromatic N) is 4. The fourth-order valence-electron chi connectivity index (χ4n) is 4.13. The Hall–Kier alpha value is -3.89. The van der Waals surface area contributed by atoms with Crippen molar-refractivity contribution in [3.8, 4) is 11.6 Å². The summed E-state index contributed by atoms with van der Waals surface area (Å²) in [5.41, 5.74) is -0.628. The topological polar surface area (TPSA) is 84.9 Å². The summed E-state index contributed by atoms with van der Waals surface area (Å²) in [7, 11) is 0. The molecule has 1 aliphatic heterocycles. The second-order valence-corrected chi connectivity index (χ2v) is 10.0. The van der Waals surface area contributed by atoms with E-state index < -0.39 is 17.3 Å². The molecule has 0 N–H and O–H groups in total. The fraction of sp³-hybridized carbons (Fsp3) is 0.407. The molecular formula is C27H29F3N4O4. The number of fused-ring (bicyclic) bond motifs is 1. The zero-order valence-electron chi connectivity index (χ0n) is 21.6. The van der Waals surface area contributed by atoms with Gasteiger partial charge in [-0.2, -0.15) is 13.2 Å². The van der Waals surface area contributed by atoms with Crippen molar-refractivity contribution in [2.75, 3.05) is 19.6 Å². The van der Waals surface area contributed by atoms with Crippen molar-refractivity contribution < 1.29 is 32.2 Å².